The first-order chi connectivity index (χ1) is 7.86. The number of nitrogens with zero attached hydrogens (tertiary/aromatic N) is 3. The van der Waals surface area contributed by atoms with Gasteiger partial charge in [-0.2, -0.15) is 0 Å². The minimum Gasteiger partial charge on any atom is -0.367 e. The van der Waals surface area contributed by atoms with Gasteiger partial charge in [0.25, 0.3) is 0 Å². The van der Waals surface area contributed by atoms with Crippen LogP contribution in [0.25, 0.3) is 0 Å². The molecule has 0 atom stereocenters. The van der Waals surface area contributed by atoms with E-state index in [0.717, 1.165) is 13.0 Å². The molecule has 2 aromatic heterocycles. The molecule has 0 fully saturated rings. The molecule has 4 nitrogen and oxygen atoms in total. The maximum absolute atomic E-state index is 5.86. The van der Waals surface area contributed by atoms with Gasteiger partial charge in [-0.05, 0) is 24.1 Å². The second-order valence-corrected chi connectivity index (χ2v) is 3.59. The van der Waals surface area contributed by atoms with Gasteiger partial charge < -0.3 is 5.32 Å². The van der Waals surface area contributed by atoms with Gasteiger partial charge in [0.15, 0.2) is 11.0 Å². The molecule has 0 saturated heterocycles. The van der Waals surface area contributed by atoms with Crippen LogP contribution in [0.2, 0.25) is 5.15 Å². The maximum atomic E-state index is 5.86. The first-order valence-corrected chi connectivity index (χ1v) is 5.33. The van der Waals surface area contributed by atoms with Crippen molar-refractivity contribution >= 4 is 17.4 Å². The summed E-state index contributed by atoms with van der Waals surface area (Å²) in [4.78, 5) is 12.0. The molecule has 0 aliphatic heterocycles. The third kappa shape index (κ3) is 2.90. The summed E-state index contributed by atoms with van der Waals surface area (Å²) in [7, 11) is 0. The zero-order valence-electron chi connectivity index (χ0n) is 8.60. The van der Waals surface area contributed by atoms with Gasteiger partial charge in [0.2, 0.25) is 0 Å². The van der Waals surface area contributed by atoms with E-state index >= 15 is 0 Å². The Morgan fingerprint density at radius 3 is 2.56 bits per heavy atom. The van der Waals surface area contributed by atoms with Crippen LogP contribution in [0.3, 0.4) is 0 Å². The minimum atomic E-state index is 0.400. The topological polar surface area (TPSA) is 50.7 Å². The van der Waals surface area contributed by atoms with Crippen molar-refractivity contribution in [1.82, 2.24) is 15.0 Å². The van der Waals surface area contributed by atoms with Crippen LogP contribution in [0, 0.1) is 0 Å². The number of nitrogens with one attached hydrogen (secondary N) is 1. The van der Waals surface area contributed by atoms with Crippen LogP contribution in [0.4, 0.5) is 5.82 Å². The Labute approximate surface area is 98.7 Å². The summed E-state index contributed by atoms with van der Waals surface area (Å²) in [5, 5.41) is 3.54. The third-order valence-electron chi connectivity index (χ3n) is 2.11. The van der Waals surface area contributed by atoms with E-state index in [-0.39, 0.29) is 0 Å². The molecular weight excluding hydrogens is 224 g/mol. The Hall–Kier alpha value is -1.68. The molecular formula is C11H11ClN4. The van der Waals surface area contributed by atoms with E-state index in [2.05, 4.69) is 20.3 Å². The lowest BCUT2D eigenvalue weighted by Crippen LogP contribution is -2.07. The Bertz CT molecular complexity index is 447. The fourth-order valence-corrected chi connectivity index (χ4v) is 1.49. The number of hydrogen-bond acceptors (Lipinski definition) is 4. The number of pyridine rings is 1. The lowest BCUT2D eigenvalue weighted by molar-refractivity contribution is 0.994. The molecule has 5 heteroatoms. The molecule has 2 rings (SSSR count). The summed E-state index contributed by atoms with van der Waals surface area (Å²) in [5.74, 6) is 0.623. The molecule has 0 bridgehead atoms. The van der Waals surface area contributed by atoms with Crippen molar-refractivity contribution in [1.29, 1.82) is 0 Å². The van der Waals surface area contributed by atoms with E-state index < -0.39 is 0 Å². The Kier molecular flexibility index (Phi) is 3.66. The molecule has 0 aromatic carbocycles. The highest BCUT2D eigenvalue weighted by Gasteiger charge is 2.00. The van der Waals surface area contributed by atoms with Crippen molar-refractivity contribution < 1.29 is 0 Å². The average molecular weight is 235 g/mol. The predicted octanol–water partition coefficient (Wildman–Crippen LogP) is 2.18. The number of halogens is 1. The summed E-state index contributed by atoms with van der Waals surface area (Å²) in [6.07, 6.45) is 7.64. The quantitative estimate of drug-likeness (QED) is 0.881. The van der Waals surface area contributed by atoms with Gasteiger partial charge in [-0.15, -0.1) is 0 Å². The molecule has 16 heavy (non-hydrogen) atoms. The number of rotatable bonds is 4. The molecule has 0 radical (unpaired) electrons. The van der Waals surface area contributed by atoms with Crippen molar-refractivity contribution in [2.45, 2.75) is 6.42 Å². The van der Waals surface area contributed by atoms with Gasteiger partial charge in [-0.25, -0.2) is 9.97 Å². The van der Waals surface area contributed by atoms with Crippen molar-refractivity contribution in [3.8, 4) is 0 Å². The van der Waals surface area contributed by atoms with E-state index in [0.29, 0.717) is 11.0 Å². The summed E-state index contributed by atoms with van der Waals surface area (Å²) in [6.45, 7) is 0.766. The molecule has 0 aliphatic rings. The Morgan fingerprint density at radius 1 is 1.06 bits per heavy atom. The fourth-order valence-electron chi connectivity index (χ4n) is 1.31. The van der Waals surface area contributed by atoms with Crippen molar-refractivity contribution in [2.24, 2.45) is 0 Å². The Balaban J connectivity index is 1.87. The number of anilines is 1. The molecule has 0 unspecified atom stereocenters. The molecule has 0 saturated carbocycles. The lowest BCUT2D eigenvalue weighted by Gasteiger charge is -2.05. The fraction of sp³-hybridized carbons (Fsp3) is 0.182. The van der Waals surface area contributed by atoms with E-state index in [9.17, 15) is 0 Å². The third-order valence-corrected chi connectivity index (χ3v) is 2.39. The van der Waals surface area contributed by atoms with E-state index in [1.165, 1.54) is 5.56 Å². The van der Waals surface area contributed by atoms with Gasteiger partial charge in [0.05, 0.1) is 0 Å². The zero-order valence-corrected chi connectivity index (χ0v) is 9.35. The average Bonchev–Trinajstić information content (AvgIpc) is 2.33. The van der Waals surface area contributed by atoms with Crippen LogP contribution < -0.4 is 5.32 Å². The molecule has 0 amide bonds. The van der Waals surface area contributed by atoms with Gasteiger partial charge in [0.1, 0.15) is 0 Å². The summed E-state index contributed by atoms with van der Waals surface area (Å²) >= 11 is 5.86. The van der Waals surface area contributed by atoms with Crippen molar-refractivity contribution in [3.05, 3.63) is 47.6 Å². The van der Waals surface area contributed by atoms with E-state index in [1.54, 1.807) is 24.8 Å². The van der Waals surface area contributed by atoms with Crippen LogP contribution in [0.1, 0.15) is 5.56 Å². The largest absolute Gasteiger partial charge is 0.367 e. The Morgan fingerprint density at radius 2 is 1.81 bits per heavy atom. The summed E-state index contributed by atoms with van der Waals surface area (Å²) in [6, 6.07) is 3.97. The number of aromatic nitrogens is 3. The normalized spacial score (nSPS) is 10.1. The van der Waals surface area contributed by atoms with Crippen LogP contribution in [0.5, 0.6) is 0 Å². The molecule has 82 valence electrons. The van der Waals surface area contributed by atoms with Crippen molar-refractivity contribution in [2.75, 3.05) is 11.9 Å². The van der Waals surface area contributed by atoms with Gasteiger partial charge >= 0.3 is 0 Å². The molecule has 2 heterocycles. The molecule has 0 spiro atoms. The van der Waals surface area contributed by atoms with E-state index in [4.69, 9.17) is 11.6 Å². The van der Waals surface area contributed by atoms with Gasteiger partial charge in [0, 0.05) is 31.3 Å². The van der Waals surface area contributed by atoms with Crippen LogP contribution >= 0.6 is 11.6 Å². The molecule has 0 aliphatic carbocycles. The van der Waals surface area contributed by atoms with Gasteiger partial charge in [-0.1, -0.05) is 11.6 Å². The van der Waals surface area contributed by atoms with Crippen LogP contribution in [-0.2, 0) is 6.42 Å². The standard InChI is InChI=1S/C11H11ClN4/c12-10-11(16-8-7-14-10)15-6-3-9-1-4-13-5-2-9/h1-2,4-5,7-8H,3,6H2,(H,15,16). The van der Waals surface area contributed by atoms with Crippen LogP contribution in [0.15, 0.2) is 36.9 Å². The smallest absolute Gasteiger partial charge is 0.171 e. The predicted molar refractivity (Wildman–Crippen MR) is 63.5 cm³/mol. The zero-order chi connectivity index (χ0) is 11.2. The maximum Gasteiger partial charge on any atom is 0.171 e. The highest BCUT2D eigenvalue weighted by atomic mass is 35.5. The first-order valence-electron chi connectivity index (χ1n) is 4.95. The SMILES string of the molecule is Clc1nccnc1NCCc1ccncc1. The summed E-state index contributed by atoms with van der Waals surface area (Å²) < 4.78 is 0. The highest BCUT2D eigenvalue weighted by Crippen LogP contribution is 2.13. The van der Waals surface area contributed by atoms with Gasteiger partial charge in [-0.3, -0.25) is 4.98 Å². The molecule has 2 aromatic rings. The number of hydrogen-bond donors (Lipinski definition) is 1. The van der Waals surface area contributed by atoms with Crippen molar-refractivity contribution in [3.63, 3.8) is 0 Å². The van der Waals surface area contributed by atoms with Crippen LogP contribution in [-0.4, -0.2) is 21.5 Å². The first kappa shape index (κ1) is 10.8. The second-order valence-electron chi connectivity index (χ2n) is 3.23. The minimum absolute atomic E-state index is 0.400. The highest BCUT2D eigenvalue weighted by molar-refractivity contribution is 6.31. The summed E-state index contributed by atoms with van der Waals surface area (Å²) in [5.41, 5.74) is 1.22. The lowest BCUT2D eigenvalue weighted by atomic mass is 10.2. The monoisotopic (exact) mass is 234 g/mol. The van der Waals surface area contributed by atoms with E-state index in [1.807, 2.05) is 12.1 Å². The molecule has 1 N–H and O–H groups in total. The second kappa shape index (κ2) is 5.42.